The second kappa shape index (κ2) is 5.11. The minimum absolute atomic E-state index is 0. The third-order valence-electron chi connectivity index (χ3n) is 0.491. The third-order valence-corrected chi connectivity index (χ3v) is 2.56. The third kappa shape index (κ3) is 5.84. The maximum Gasteiger partial charge on any atom is 0.207 e. The Bertz CT molecular complexity index is 69.1. The zero-order valence-corrected chi connectivity index (χ0v) is 7.95. The summed E-state index contributed by atoms with van der Waals surface area (Å²) in [6, 6.07) is 0. The van der Waals surface area contributed by atoms with Gasteiger partial charge in [0.05, 0.1) is 5.38 Å². The van der Waals surface area contributed by atoms with Crippen LogP contribution in [0.15, 0.2) is 0 Å². The summed E-state index contributed by atoms with van der Waals surface area (Å²) >= 11 is 26.6. The van der Waals surface area contributed by atoms with E-state index in [9.17, 15) is 0 Å². The monoisotopic (exact) mass is 232 g/mol. The highest BCUT2D eigenvalue weighted by Crippen LogP contribution is 2.34. The molecular weight excluding hydrogens is 229 g/mol. The van der Waals surface area contributed by atoms with E-state index < -0.39 is 9.17 Å². The molecule has 9 heavy (non-hydrogen) atoms. The molecule has 0 aliphatic carbocycles. The standard InChI is InChI=1S/C3H3Cl5.H2O/c4-1-2(5)3(6,7)8;/h2H,1H2;1H2. The number of hydrogen-bond acceptors (Lipinski definition) is 0. The van der Waals surface area contributed by atoms with Crippen LogP contribution in [0.1, 0.15) is 0 Å². The lowest BCUT2D eigenvalue weighted by molar-refractivity contribution is 0.824. The fourth-order valence-corrected chi connectivity index (χ4v) is 0.787. The Balaban J connectivity index is 0. The molecule has 0 aliphatic heterocycles. The van der Waals surface area contributed by atoms with Crippen LogP contribution in [0.4, 0.5) is 0 Å². The zero-order chi connectivity index (χ0) is 6.78. The van der Waals surface area contributed by atoms with Crippen LogP contribution in [0.25, 0.3) is 0 Å². The molecule has 0 amide bonds. The van der Waals surface area contributed by atoms with Gasteiger partial charge in [0.2, 0.25) is 3.79 Å². The Morgan fingerprint density at radius 1 is 1.22 bits per heavy atom. The normalized spacial score (nSPS) is 14.3. The van der Waals surface area contributed by atoms with Gasteiger partial charge >= 0.3 is 0 Å². The molecule has 1 unspecified atom stereocenters. The van der Waals surface area contributed by atoms with E-state index in [-0.39, 0.29) is 11.4 Å². The highest BCUT2D eigenvalue weighted by molar-refractivity contribution is 6.70. The van der Waals surface area contributed by atoms with Crippen molar-refractivity contribution in [1.82, 2.24) is 0 Å². The summed E-state index contributed by atoms with van der Waals surface area (Å²) in [5.74, 6) is 0.137. The van der Waals surface area contributed by atoms with Crippen molar-refractivity contribution in [1.29, 1.82) is 0 Å². The lowest BCUT2D eigenvalue weighted by Crippen LogP contribution is -2.20. The predicted octanol–water partition coefficient (Wildman–Crippen LogP) is 2.38. The van der Waals surface area contributed by atoms with Gasteiger partial charge in [-0.05, 0) is 0 Å². The summed E-state index contributed by atoms with van der Waals surface area (Å²) in [5, 5.41) is -0.617. The maximum atomic E-state index is 5.41. The van der Waals surface area contributed by atoms with Gasteiger partial charge in [0.15, 0.2) is 0 Å². The van der Waals surface area contributed by atoms with Crippen LogP contribution in [0.2, 0.25) is 0 Å². The second-order valence-corrected chi connectivity index (χ2v) is 4.37. The molecule has 0 aromatic heterocycles. The van der Waals surface area contributed by atoms with Crippen molar-refractivity contribution in [3.8, 4) is 0 Å². The average Bonchev–Trinajstić information content (AvgIpc) is 1.62. The zero-order valence-electron chi connectivity index (χ0n) is 4.17. The molecule has 0 rings (SSSR count). The van der Waals surface area contributed by atoms with Gasteiger partial charge in [-0.3, -0.25) is 0 Å². The number of rotatable bonds is 1. The Hall–Kier alpha value is 1.41. The first-order valence-electron chi connectivity index (χ1n) is 1.75. The molecule has 58 valence electrons. The summed E-state index contributed by atoms with van der Waals surface area (Å²) in [7, 11) is 0. The van der Waals surface area contributed by atoms with Gasteiger partial charge in [0.25, 0.3) is 0 Å². The summed E-state index contributed by atoms with van der Waals surface area (Å²) < 4.78 is -1.44. The van der Waals surface area contributed by atoms with Crippen LogP contribution in [-0.2, 0) is 0 Å². The number of alkyl halides is 5. The molecule has 0 saturated carbocycles. The minimum atomic E-state index is -1.44. The first-order valence-corrected chi connectivity index (χ1v) is 3.85. The van der Waals surface area contributed by atoms with Gasteiger partial charge in [-0.15, -0.1) is 23.2 Å². The molecular formula is C3H5Cl5O. The Kier molecular flexibility index (Phi) is 7.40. The molecule has 1 nitrogen and oxygen atoms in total. The largest absolute Gasteiger partial charge is 0.412 e. The molecule has 0 fully saturated rings. The molecule has 0 aromatic rings. The van der Waals surface area contributed by atoms with Crippen LogP contribution in [0.3, 0.4) is 0 Å². The average molecular weight is 234 g/mol. The summed E-state index contributed by atoms with van der Waals surface area (Å²) in [4.78, 5) is 0. The van der Waals surface area contributed by atoms with Crippen LogP contribution in [0.5, 0.6) is 0 Å². The first-order chi connectivity index (χ1) is 3.48. The van der Waals surface area contributed by atoms with E-state index in [0.29, 0.717) is 0 Å². The van der Waals surface area contributed by atoms with E-state index in [4.69, 9.17) is 58.0 Å². The fourth-order valence-electron chi connectivity index (χ4n) is 0.0875. The molecule has 0 aliphatic rings. The Morgan fingerprint density at radius 2 is 1.56 bits per heavy atom. The Labute approximate surface area is 78.5 Å². The lowest BCUT2D eigenvalue weighted by atomic mass is 10.5. The number of hydrogen-bond donors (Lipinski definition) is 0. The predicted molar refractivity (Wildman–Crippen MR) is 44.3 cm³/mol. The molecule has 0 spiro atoms. The summed E-state index contributed by atoms with van der Waals surface area (Å²) in [6.07, 6.45) is 0. The van der Waals surface area contributed by atoms with Gasteiger partial charge in [0, 0.05) is 5.88 Å². The molecule has 0 radical (unpaired) electrons. The first kappa shape index (κ1) is 13.0. The van der Waals surface area contributed by atoms with E-state index in [2.05, 4.69) is 0 Å². The molecule has 1 atom stereocenters. The molecule has 0 aromatic carbocycles. The van der Waals surface area contributed by atoms with E-state index >= 15 is 0 Å². The summed E-state index contributed by atoms with van der Waals surface area (Å²) in [6.45, 7) is 0. The molecule has 0 saturated heterocycles. The minimum Gasteiger partial charge on any atom is -0.412 e. The van der Waals surface area contributed by atoms with Crippen molar-refractivity contribution in [2.24, 2.45) is 0 Å². The van der Waals surface area contributed by atoms with E-state index in [0.717, 1.165) is 0 Å². The van der Waals surface area contributed by atoms with Crippen molar-refractivity contribution >= 4 is 58.0 Å². The summed E-state index contributed by atoms with van der Waals surface area (Å²) in [5.41, 5.74) is 0. The van der Waals surface area contributed by atoms with E-state index in [1.165, 1.54) is 0 Å². The molecule has 6 heteroatoms. The molecule has 2 N–H and O–H groups in total. The highest BCUT2D eigenvalue weighted by Gasteiger charge is 2.29. The Morgan fingerprint density at radius 3 is 1.56 bits per heavy atom. The van der Waals surface area contributed by atoms with Crippen molar-refractivity contribution in [3.63, 3.8) is 0 Å². The SMILES string of the molecule is ClCC(Cl)C(Cl)(Cl)Cl.O. The maximum absolute atomic E-state index is 5.41. The van der Waals surface area contributed by atoms with Crippen molar-refractivity contribution in [2.45, 2.75) is 9.17 Å². The lowest BCUT2D eigenvalue weighted by Gasteiger charge is -2.13. The van der Waals surface area contributed by atoms with Crippen LogP contribution >= 0.6 is 58.0 Å². The van der Waals surface area contributed by atoms with Crippen LogP contribution in [0, 0.1) is 0 Å². The highest BCUT2D eigenvalue weighted by atomic mass is 35.6. The van der Waals surface area contributed by atoms with Gasteiger partial charge in [-0.2, -0.15) is 0 Å². The molecule has 0 heterocycles. The molecule has 0 bridgehead atoms. The van der Waals surface area contributed by atoms with Crippen molar-refractivity contribution < 1.29 is 5.48 Å². The van der Waals surface area contributed by atoms with Crippen LogP contribution in [-0.4, -0.2) is 20.5 Å². The van der Waals surface area contributed by atoms with Gasteiger partial charge in [-0.1, -0.05) is 34.8 Å². The fraction of sp³-hybridized carbons (Fsp3) is 1.00. The van der Waals surface area contributed by atoms with Gasteiger partial charge in [0.1, 0.15) is 0 Å². The van der Waals surface area contributed by atoms with Crippen molar-refractivity contribution in [3.05, 3.63) is 0 Å². The number of halogens is 5. The quantitative estimate of drug-likeness (QED) is 0.624. The smallest absolute Gasteiger partial charge is 0.207 e. The van der Waals surface area contributed by atoms with Gasteiger partial charge < -0.3 is 5.48 Å². The van der Waals surface area contributed by atoms with E-state index in [1.54, 1.807) is 0 Å². The van der Waals surface area contributed by atoms with Gasteiger partial charge in [-0.25, -0.2) is 0 Å². The topological polar surface area (TPSA) is 31.5 Å². The van der Waals surface area contributed by atoms with Crippen molar-refractivity contribution in [2.75, 3.05) is 5.88 Å². The van der Waals surface area contributed by atoms with Crippen LogP contribution < -0.4 is 0 Å². The second-order valence-electron chi connectivity index (χ2n) is 1.16. The van der Waals surface area contributed by atoms with E-state index in [1.807, 2.05) is 0 Å².